The van der Waals surface area contributed by atoms with Crippen LogP contribution in [0.2, 0.25) is 0 Å². The van der Waals surface area contributed by atoms with Gasteiger partial charge in [-0.25, -0.2) is 0 Å². The van der Waals surface area contributed by atoms with Gasteiger partial charge in [0.15, 0.2) is 11.5 Å². The summed E-state index contributed by atoms with van der Waals surface area (Å²) in [5, 5.41) is 9.95. The Kier molecular flexibility index (Phi) is 4.99. The van der Waals surface area contributed by atoms with Crippen LogP contribution in [0.1, 0.15) is 44.1 Å². The molecule has 1 saturated carbocycles. The van der Waals surface area contributed by atoms with E-state index in [1.165, 1.54) is 0 Å². The lowest BCUT2D eigenvalue weighted by atomic mass is 9.78. The summed E-state index contributed by atoms with van der Waals surface area (Å²) in [5.74, 6) is 0.511. The number of benzene rings is 1. The summed E-state index contributed by atoms with van der Waals surface area (Å²) in [7, 11) is 3.70. The van der Waals surface area contributed by atoms with E-state index in [9.17, 15) is 9.90 Å². The summed E-state index contributed by atoms with van der Waals surface area (Å²) in [6.07, 6.45) is 5.36. The third-order valence-corrected chi connectivity index (χ3v) is 5.45. The second-order valence-electron chi connectivity index (χ2n) is 7.08. The highest BCUT2D eigenvalue weighted by Crippen LogP contribution is 2.48. The average molecular weight is 333 g/mol. The Morgan fingerprint density at radius 1 is 1.29 bits per heavy atom. The number of carboxylic acids is 1. The highest BCUT2D eigenvalue weighted by atomic mass is 16.5. The first-order chi connectivity index (χ1) is 11.6. The smallest absolute Gasteiger partial charge is 0.314 e. The first-order valence-corrected chi connectivity index (χ1v) is 8.83. The Morgan fingerprint density at radius 2 is 2.04 bits per heavy atom. The van der Waals surface area contributed by atoms with Gasteiger partial charge in [-0.3, -0.25) is 4.79 Å². The van der Waals surface area contributed by atoms with Gasteiger partial charge >= 0.3 is 5.97 Å². The van der Waals surface area contributed by atoms with E-state index in [4.69, 9.17) is 9.47 Å². The van der Waals surface area contributed by atoms with E-state index in [0.717, 1.165) is 44.3 Å². The first-order valence-electron chi connectivity index (χ1n) is 8.83. The molecule has 24 heavy (non-hydrogen) atoms. The van der Waals surface area contributed by atoms with Crippen LogP contribution in [0.25, 0.3) is 0 Å². The van der Waals surface area contributed by atoms with Crippen molar-refractivity contribution in [2.45, 2.75) is 50.0 Å². The molecule has 1 saturated heterocycles. The number of piperidine rings is 1. The third-order valence-electron chi connectivity index (χ3n) is 5.45. The predicted octanol–water partition coefficient (Wildman–Crippen LogP) is 3.06. The number of rotatable bonds is 5. The molecule has 5 nitrogen and oxygen atoms in total. The summed E-state index contributed by atoms with van der Waals surface area (Å²) in [5.41, 5.74) is -0.0650. The Balaban J connectivity index is 1.98. The predicted molar refractivity (Wildman–Crippen MR) is 91.9 cm³/mol. The van der Waals surface area contributed by atoms with E-state index < -0.39 is 11.4 Å². The quantitative estimate of drug-likeness (QED) is 0.897. The molecule has 1 aliphatic heterocycles. The number of likely N-dealkylation sites (N-methyl/N-ethyl adjacent to an activating group) is 1. The molecule has 0 amide bonds. The number of carbonyl (C=O) groups is 1. The number of likely N-dealkylation sites (tertiary alicyclic amines) is 1. The van der Waals surface area contributed by atoms with Gasteiger partial charge in [0.05, 0.1) is 12.5 Å². The number of hydrogen-bond donors (Lipinski definition) is 1. The minimum Gasteiger partial charge on any atom is -0.493 e. The molecule has 1 aromatic rings. The molecular weight excluding hydrogens is 306 g/mol. The second kappa shape index (κ2) is 7.01. The molecule has 2 aliphatic rings. The number of hydrogen-bond acceptors (Lipinski definition) is 4. The van der Waals surface area contributed by atoms with Crippen molar-refractivity contribution in [3.63, 3.8) is 0 Å². The molecule has 0 bridgehead atoms. The van der Waals surface area contributed by atoms with Crippen molar-refractivity contribution >= 4 is 5.97 Å². The number of ether oxygens (including phenoxy) is 2. The monoisotopic (exact) mass is 333 g/mol. The molecule has 132 valence electrons. The fourth-order valence-corrected chi connectivity index (χ4v) is 4.13. The maximum absolute atomic E-state index is 12.1. The maximum Gasteiger partial charge on any atom is 0.314 e. The zero-order valence-electron chi connectivity index (χ0n) is 14.6. The van der Waals surface area contributed by atoms with Crippen LogP contribution in [0.3, 0.4) is 0 Å². The molecule has 0 radical (unpaired) electrons. The summed E-state index contributed by atoms with van der Waals surface area (Å²) >= 11 is 0. The topological polar surface area (TPSA) is 59.0 Å². The van der Waals surface area contributed by atoms with Crippen molar-refractivity contribution in [2.24, 2.45) is 0 Å². The molecule has 1 atom stereocenters. The summed E-state index contributed by atoms with van der Waals surface area (Å²) in [6, 6.07) is 5.64. The minimum absolute atomic E-state index is 0.0750. The van der Waals surface area contributed by atoms with E-state index in [2.05, 4.69) is 11.9 Å². The zero-order valence-corrected chi connectivity index (χ0v) is 14.6. The molecule has 5 heteroatoms. The van der Waals surface area contributed by atoms with E-state index in [1.54, 1.807) is 7.11 Å². The van der Waals surface area contributed by atoms with Gasteiger partial charge in [0.2, 0.25) is 0 Å². The molecule has 0 spiro atoms. The first kappa shape index (κ1) is 17.1. The highest BCUT2D eigenvalue weighted by molar-refractivity contribution is 5.83. The number of para-hydroxylation sites is 1. The van der Waals surface area contributed by atoms with Crippen molar-refractivity contribution in [2.75, 3.05) is 27.2 Å². The van der Waals surface area contributed by atoms with Gasteiger partial charge in [-0.2, -0.15) is 0 Å². The van der Waals surface area contributed by atoms with Crippen molar-refractivity contribution in [1.82, 2.24) is 4.90 Å². The van der Waals surface area contributed by atoms with Gasteiger partial charge in [-0.1, -0.05) is 25.0 Å². The number of aliphatic carboxylic acids is 1. The van der Waals surface area contributed by atoms with Crippen LogP contribution in [-0.2, 0) is 10.2 Å². The lowest BCUT2D eigenvalue weighted by molar-refractivity contribution is -0.143. The second-order valence-corrected chi connectivity index (χ2v) is 7.08. The molecule has 1 heterocycles. The highest BCUT2D eigenvalue weighted by Gasteiger charge is 2.45. The largest absolute Gasteiger partial charge is 0.493 e. The SMILES string of the molecule is COc1cccc(C2(C(=O)O)CCCC2)c1OC1CCCN(C)C1. The number of carboxylic acid groups (broad SMARTS) is 1. The molecule has 1 aliphatic carbocycles. The van der Waals surface area contributed by atoms with Crippen molar-refractivity contribution in [3.05, 3.63) is 23.8 Å². The van der Waals surface area contributed by atoms with Gasteiger partial charge in [0.25, 0.3) is 0 Å². The van der Waals surface area contributed by atoms with Gasteiger partial charge in [-0.15, -0.1) is 0 Å². The Hall–Kier alpha value is -1.75. The zero-order chi connectivity index (χ0) is 17.2. The fourth-order valence-electron chi connectivity index (χ4n) is 4.13. The number of nitrogens with zero attached hydrogens (tertiary/aromatic N) is 1. The Labute approximate surface area is 143 Å². The van der Waals surface area contributed by atoms with Crippen LogP contribution >= 0.6 is 0 Å². The van der Waals surface area contributed by atoms with Crippen LogP contribution in [0.5, 0.6) is 11.5 Å². The van der Waals surface area contributed by atoms with Gasteiger partial charge in [0.1, 0.15) is 6.10 Å². The van der Waals surface area contributed by atoms with Crippen LogP contribution in [-0.4, -0.2) is 49.3 Å². The molecule has 1 N–H and O–H groups in total. The number of methoxy groups -OCH3 is 1. The Bertz CT molecular complexity index is 595. The summed E-state index contributed by atoms with van der Waals surface area (Å²) < 4.78 is 11.8. The lowest BCUT2D eigenvalue weighted by Crippen LogP contribution is -2.39. The van der Waals surface area contributed by atoms with Gasteiger partial charge in [0, 0.05) is 12.1 Å². The van der Waals surface area contributed by atoms with Crippen LogP contribution in [0.4, 0.5) is 0 Å². The standard InChI is InChI=1S/C19H27NO4/c1-20-12-6-7-14(13-20)24-17-15(8-5-9-16(17)23-2)19(18(21)22)10-3-4-11-19/h5,8-9,14H,3-4,6-7,10-13H2,1-2H3,(H,21,22). The molecule has 1 unspecified atom stereocenters. The van der Waals surface area contributed by atoms with E-state index in [1.807, 2.05) is 18.2 Å². The van der Waals surface area contributed by atoms with Gasteiger partial charge < -0.3 is 19.5 Å². The van der Waals surface area contributed by atoms with E-state index in [-0.39, 0.29) is 6.10 Å². The third kappa shape index (κ3) is 3.09. The normalized spacial score (nSPS) is 23.8. The maximum atomic E-state index is 12.1. The Morgan fingerprint density at radius 3 is 2.67 bits per heavy atom. The molecule has 3 rings (SSSR count). The molecule has 2 fully saturated rings. The van der Waals surface area contributed by atoms with Crippen molar-refractivity contribution in [3.8, 4) is 11.5 Å². The fraction of sp³-hybridized carbons (Fsp3) is 0.632. The molecule has 1 aromatic carbocycles. The van der Waals surface area contributed by atoms with Crippen molar-refractivity contribution < 1.29 is 19.4 Å². The van der Waals surface area contributed by atoms with Crippen LogP contribution in [0, 0.1) is 0 Å². The molecule has 0 aromatic heterocycles. The van der Waals surface area contributed by atoms with Gasteiger partial charge in [-0.05, 0) is 45.3 Å². The summed E-state index contributed by atoms with van der Waals surface area (Å²) in [4.78, 5) is 14.4. The van der Waals surface area contributed by atoms with Crippen LogP contribution in [0.15, 0.2) is 18.2 Å². The average Bonchev–Trinajstić information content (AvgIpc) is 3.06. The molecular formula is C19H27NO4. The minimum atomic E-state index is -0.843. The summed E-state index contributed by atoms with van der Waals surface area (Å²) in [6.45, 7) is 1.94. The lowest BCUT2D eigenvalue weighted by Gasteiger charge is -2.33. The van der Waals surface area contributed by atoms with Crippen molar-refractivity contribution in [1.29, 1.82) is 0 Å². The van der Waals surface area contributed by atoms with E-state index >= 15 is 0 Å². The van der Waals surface area contributed by atoms with E-state index in [0.29, 0.717) is 24.3 Å². The van der Waals surface area contributed by atoms with Crippen LogP contribution < -0.4 is 9.47 Å².